The number of hydrogen-bond acceptors (Lipinski definition) is 4. The molecule has 2 aromatic rings. The maximum absolute atomic E-state index is 12.2. The lowest BCUT2D eigenvalue weighted by molar-refractivity contribution is -0.129. The molecule has 0 bridgehead atoms. The lowest BCUT2D eigenvalue weighted by Gasteiger charge is -2.09. The molecule has 1 aliphatic heterocycles. The van der Waals surface area contributed by atoms with Crippen LogP contribution in [0.5, 0.6) is 5.75 Å². The van der Waals surface area contributed by atoms with Gasteiger partial charge in [-0.3, -0.25) is 0 Å². The second-order valence-electron chi connectivity index (χ2n) is 5.71. The lowest BCUT2D eigenvalue weighted by atomic mass is 10.1. The number of halogens is 3. The summed E-state index contributed by atoms with van der Waals surface area (Å²) in [5.74, 6) is 0.699. The Labute approximate surface area is 198 Å². The number of benzene rings is 2. The Hall–Kier alpha value is -0.950. The van der Waals surface area contributed by atoms with E-state index < -0.39 is 5.97 Å². The molecule has 0 aromatic heterocycles. The highest BCUT2D eigenvalue weighted by molar-refractivity contribution is 14.1. The van der Waals surface area contributed by atoms with E-state index in [0.29, 0.717) is 12.5 Å². The maximum Gasteiger partial charge on any atom is 0.363 e. The summed E-state index contributed by atoms with van der Waals surface area (Å²) in [6.07, 6.45) is 3.44. The summed E-state index contributed by atoms with van der Waals surface area (Å²) < 4.78 is 14.1. The fourth-order valence-electron chi connectivity index (χ4n) is 2.41. The van der Waals surface area contributed by atoms with Crippen molar-refractivity contribution >= 4 is 85.7 Å². The first-order chi connectivity index (χ1) is 12.9. The molecule has 138 valence electrons. The van der Waals surface area contributed by atoms with Crippen LogP contribution < -0.4 is 4.74 Å². The number of ether oxygens (including phenoxy) is 2. The number of aryl methyl sites for hydroxylation is 1. The maximum atomic E-state index is 12.2. The third-order valence-corrected chi connectivity index (χ3v) is 6.51. The number of rotatable bonds is 5. The molecule has 1 heterocycles. The van der Waals surface area contributed by atoms with Crippen LogP contribution in [0.4, 0.5) is 0 Å². The van der Waals surface area contributed by atoms with Crippen LogP contribution in [0.1, 0.15) is 16.7 Å². The molecule has 0 saturated carbocycles. The summed E-state index contributed by atoms with van der Waals surface area (Å²) >= 11 is 6.70. The first-order valence-electron chi connectivity index (χ1n) is 7.91. The first-order valence-corrected chi connectivity index (χ1v) is 11.1. The highest BCUT2D eigenvalue weighted by Gasteiger charge is 2.24. The van der Waals surface area contributed by atoms with Gasteiger partial charge in [0.15, 0.2) is 5.70 Å². The Morgan fingerprint density at radius 3 is 2.48 bits per heavy atom. The van der Waals surface area contributed by atoms with Gasteiger partial charge in [-0.05, 0) is 122 Å². The zero-order chi connectivity index (χ0) is 19.6. The topological polar surface area (TPSA) is 47.9 Å². The van der Waals surface area contributed by atoms with Crippen molar-refractivity contribution < 1.29 is 14.3 Å². The van der Waals surface area contributed by atoms with E-state index in [1.165, 1.54) is 0 Å². The van der Waals surface area contributed by atoms with E-state index in [0.717, 1.165) is 33.2 Å². The molecule has 0 unspecified atom stereocenters. The Kier molecular flexibility index (Phi) is 6.95. The highest BCUT2D eigenvalue weighted by atomic mass is 127. The number of hydrogen-bond donors (Lipinski definition) is 0. The minimum Gasteiger partial charge on any atom is -0.487 e. The van der Waals surface area contributed by atoms with Gasteiger partial charge in [-0.25, -0.2) is 9.79 Å². The number of cyclic esters (lactones) is 1. The van der Waals surface area contributed by atoms with Crippen molar-refractivity contribution in [1.82, 2.24) is 0 Å². The molecule has 27 heavy (non-hydrogen) atoms. The summed E-state index contributed by atoms with van der Waals surface area (Å²) in [4.78, 5) is 16.6. The minimum atomic E-state index is -0.446. The average molecular weight is 697 g/mol. The molecule has 0 aliphatic carbocycles. The van der Waals surface area contributed by atoms with Gasteiger partial charge in [-0.2, -0.15) is 0 Å². The Morgan fingerprint density at radius 2 is 1.85 bits per heavy atom. The highest BCUT2D eigenvalue weighted by Crippen LogP contribution is 2.30. The van der Waals surface area contributed by atoms with Crippen molar-refractivity contribution in [2.75, 3.05) is 6.61 Å². The molecule has 0 atom stereocenters. The van der Waals surface area contributed by atoms with Gasteiger partial charge >= 0.3 is 5.97 Å². The van der Waals surface area contributed by atoms with E-state index in [1.54, 1.807) is 12.2 Å². The number of nitrogens with zero attached hydrogens (tertiary/aromatic N) is 1. The summed E-state index contributed by atoms with van der Waals surface area (Å²) in [7, 11) is 0. The summed E-state index contributed by atoms with van der Waals surface area (Å²) in [5, 5.41) is 0. The van der Waals surface area contributed by atoms with Crippen LogP contribution in [0.3, 0.4) is 0 Å². The standard InChI is InChI=1S/C20H14I3NO3/c1-3-6-26-18-15(22)8-12(9-16(18)23)10-17-20(25)27-19(24-17)13-4-5-14(21)11(2)7-13/h3-5,7-10H,1,6H2,2H3/b17-10-. The molecular weight excluding hydrogens is 683 g/mol. The molecule has 4 nitrogen and oxygen atoms in total. The summed E-state index contributed by atoms with van der Waals surface area (Å²) in [6, 6.07) is 9.75. The predicted molar refractivity (Wildman–Crippen MR) is 132 cm³/mol. The molecule has 3 rings (SSSR count). The minimum absolute atomic E-state index is 0.285. The van der Waals surface area contributed by atoms with E-state index in [-0.39, 0.29) is 5.70 Å². The average Bonchev–Trinajstić information content (AvgIpc) is 2.97. The van der Waals surface area contributed by atoms with Gasteiger partial charge in [0.05, 0.1) is 7.14 Å². The fourth-order valence-corrected chi connectivity index (χ4v) is 4.87. The van der Waals surface area contributed by atoms with E-state index in [1.807, 2.05) is 37.3 Å². The molecule has 0 N–H and O–H groups in total. The normalized spacial score (nSPS) is 14.9. The van der Waals surface area contributed by atoms with Crippen molar-refractivity contribution in [2.24, 2.45) is 4.99 Å². The van der Waals surface area contributed by atoms with Crippen molar-refractivity contribution in [3.05, 3.63) is 76.1 Å². The molecule has 2 aromatic carbocycles. The quantitative estimate of drug-likeness (QED) is 0.174. The van der Waals surface area contributed by atoms with Gasteiger partial charge in [-0.15, -0.1) is 0 Å². The van der Waals surface area contributed by atoms with Gasteiger partial charge in [0.25, 0.3) is 0 Å². The van der Waals surface area contributed by atoms with Crippen LogP contribution in [0.15, 0.2) is 53.7 Å². The largest absolute Gasteiger partial charge is 0.487 e. The van der Waals surface area contributed by atoms with E-state index in [2.05, 4.69) is 79.3 Å². The fraction of sp³-hybridized carbons (Fsp3) is 0.100. The van der Waals surface area contributed by atoms with E-state index >= 15 is 0 Å². The molecule has 0 saturated heterocycles. The molecule has 0 radical (unpaired) electrons. The zero-order valence-corrected chi connectivity index (χ0v) is 20.7. The van der Waals surface area contributed by atoms with Gasteiger partial charge in [0, 0.05) is 9.13 Å². The number of carbonyl (C=O) groups is 1. The molecule has 0 fully saturated rings. The van der Waals surface area contributed by atoms with E-state index in [9.17, 15) is 4.79 Å². The monoisotopic (exact) mass is 697 g/mol. The van der Waals surface area contributed by atoms with Gasteiger partial charge in [0.2, 0.25) is 5.90 Å². The van der Waals surface area contributed by atoms with Crippen LogP contribution >= 0.6 is 67.8 Å². The summed E-state index contributed by atoms with van der Waals surface area (Å²) in [5.41, 5.74) is 3.06. The van der Waals surface area contributed by atoms with Crippen molar-refractivity contribution in [3.8, 4) is 5.75 Å². The SMILES string of the molecule is C=CCOc1c(I)cc(/C=C2\N=C(c3ccc(I)c(C)c3)OC2=O)cc1I. The van der Waals surface area contributed by atoms with Crippen LogP contribution in [0.2, 0.25) is 0 Å². The second kappa shape index (κ2) is 9.03. The Morgan fingerprint density at radius 1 is 1.15 bits per heavy atom. The lowest BCUT2D eigenvalue weighted by Crippen LogP contribution is -2.05. The van der Waals surface area contributed by atoms with Crippen LogP contribution in [-0.2, 0) is 9.53 Å². The number of carbonyl (C=O) groups excluding carboxylic acids is 1. The Bertz CT molecular complexity index is 973. The van der Waals surface area contributed by atoms with Crippen molar-refractivity contribution in [3.63, 3.8) is 0 Å². The first kappa shape index (κ1) is 20.8. The Balaban J connectivity index is 1.92. The number of aliphatic imine (C=N–C) groups is 1. The third kappa shape index (κ3) is 4.91. The molecule has 0 amide bonds. The predicted octanol–water partition coefficient (Wildman–Crippen LogP) is 5.72. The molecule has 0 spiro atoms. The smallest absolute Gasteiger partial charge is 0.363 e. The van der Waals surface area contributed by atoms with Crippen LogP contribution in [-0.4, -0.2) is 18.5 Å². The van der Waals surface area contributed by atoms with Crippen molar-refractivity contribution in [2.45, 2.75) is 6.92 Å². The second-order valence-corrected chi connectivity index (χ2v) is 9.20. The number of esters is 1. The molecule has 7 heteroatoms. The van der Waals surface area contributed by atoms with Crippen molar-refractivity contribution in [1.29, 1.82) is 0 Å². The molecular formula is C20H14I3NO3. The summed E-state index contributed by atoms with van der Waals surface area (Å²) in [6.45, 7) is 6.13. The third-order valence-electron chi connectivity index (χ3n) is 3.69. The molecule has 1 aliphatic rings. The van der Waals surface area contributed by atoms with Gasteiger partial charge in [-0.1, -0.05) is 12.7 Å². The zero-order valence-electron chi connectivity index (χ0n) is 14.3. The van der Waals surface area contributed by atoms with Gasteiger partial charge in [0.1, 0.15) is 12.4 Å². The van der Waals surface area contributed by atoms with Crippen LogP contribution in [0, 0.1) is 17.6 Å². The van der Waals surface area contributed by atoms with E-state index in [4.69, 9.17) is 9.47 Å². The van der Waals surface area contributed by atoms with Crippen LogP contribution in [0.25, 0.3) is 6.08 Å². The van der Waals surface area contributed by atoms with Gasteiger partial charge < -0.3 is 9.47 Å².